The number of benzene rings is 2. The van der Waals surface area contributed by atoms with Crippen molar-refractivity contribution in [3.8, 4) is 34.7 Å². The first-order chi connectivity index (χ1) is 15.5. The lowest BCUT2D eigenvalue weighted by Gasteiger charge is -2.11. The van der Waals surface area contributed by atoms with Crippen LogP contribution in [0.4, 0.5) is 0 Å². The number of hydrogen-bond acceptors (Lipinski definition) is 7. The van der Waals surface area contributed by atoms with E-state index in [1.807, 2.05) is 39.9 Å². The molecule has 2 aromatic carbocycles. The van der Waals surface area contributed by atoms with Crippen LogP contribution in [0, 0.1) is 11.3 Å². The van der Waals surface area contributed by atoms with Crippen LogP contribution in [0.2, 0.25) is 0 Å². The van der Waals surface area contributed by atoms with Gasteiger partial charge in [0.1, 0.15) is 25.4 Å². The van der Waals surface area contributed by atoms with Gasteiger partial charge in [-0.15, -0.1) is 0 Å². The number of carbonyl (C=O) groups is 1. The van der Waals surface area contributed by atoms with Crippen LogP contribution in [0.15, 0.2) is 53.2 Å². The van der Waals surface area contributed by atoms with E-state index < -0.39 is 0 Å². The highest BCUT2D eigenvalue weighted by molar-refractivity contribution is 6.35. The lowest BCUT2D eigenvalue weighted by Crippen LogP contribution is -2.11. The second-order valence-electron chi connectivity index (χ2n) is 7.62. The smallest absolute Gasteiger partial charge is 0.258 e. The van der Waals surface area contributed by atoms with Gasteiger partial charge in [0.2, 0.25) is 5.82 Å². The zero-order valence-electron chi connectivity index (χ0n) is 17.9. The highest BCUT2D eigenvalue weighted by Crippen LogP contribution is 2.27. The van der Waals surface area contributed by atoms with E-state index in [9.17, 15) is 10.1 Å². The molecule has 0 aliphatic carbocycles. The molecular weight excluding hydrogens is 405 g/mol. The number of carbonyl (C=O) groups excluding carboxylic acids is 1. The zero-order chi connectivity index (χ0) is 22.7. The molecular formula is C23H20BN5O3. The van der Waals surface area contributed by atoms with E-state index in [0.29, 0.717) is 40.8 Å². The third-order valence-corrected chi connectivity index (χ3v) is 4.79. The van der Waals surface area contributed by atoms with Crippen LogP contribution in [0.3, 0.4) is 0 Å². The molecule has 158 valence electrons. The van der Waals surface area contributed by atoms with E-state index in [1.54, 1.807) is 35.1 Å². The summed E-state index contributed by atoms with van der Waals surface area (Å²) in [7, 11) is 1.97. The fourth-order valence-corrected chi connectivity index (χ4v) is 3.35. The van der Waals surface area contributed by atoms with Gasteiger partial charge in [0.25, 0.3) is 5.89 Å². The fraction of sp³-hybridized carbons (Fsp3) is 0.174. The van der Waals surface area contributed by atoms with Crippen molar-refractivity contribution >= 4 is 19.6 Å². The second-order valence-corrected chi connectivity index (χ2v) is 7.62. The molecule has 4 aromatic rings. The lowest BCUT2D eigenvalue weighted by atomic mass is 9.88. The number of aldehydes is 1. The van der Waals surface area contributed by atoms with E-state index in [4.69, 9.17) is 9.26 Å². The van der Waals surface area contributed by atoms with Gasteiger partial charge in [-0.05, 0) is 43.7 Å². The predicted molar refractivity (Wildman–Crippen MR) is 121 cm³/mol. The second kappa shape index (κ2) is 8.90. The minimum atomic E-state index is -0.0331. The topological polar surface area (TPSA) is 107 Å². The molecule has 9 heteroatoms. The molecule has 0 amide bonds. The summed E-state index contributed by atoms with van der Waals surface area (Å²) in [6, 6.07) is 15.0. The zero-order valence-corrected chi connectivity index (χ0v) is 17.9. The van der Waals surface area contributed by atoms with Gasteiger partial charge < -0.3 is 9.26 Å². The van der Waals surface area contributed by atoms with Crippen LogP contribution in [0.5, 0.6) is 5.75 Å². The third kappa shape index (κ3) is 4.44. The molecule has 4 rings (SSSR count). The number of aromatic nitrogens is 4. The molecule has 0 bridgehead atoms. The Hall–Kier alpha value is -4.19. The largest absolute Gasteiger partial charge is 0.490 e. The van der Waals surface area contributed by atoms with Gasteiger partial charge in [0, 0.05) is 17.3 Å². The highest BCUT2D eigenvalue weighted by atomic mass is 16.5. The van der Waals surface area contributed by atoms with Crippen LogP contribution >= 0.6 is 0 Å². The average molecular weight is 425 g/mol. The molecule has 0 aliphatic rings. The molecule has 8 nitrogen and oxygen atoms in total. The van der Waals surface area contributed by atoms with Gasteiger partial charge in [-0.3, -0.25) is 9.48 Å². The molecule has 2 aromatic heterocycles. The van der Waals surface area contributed by atoms with Crippen LogP contribution in [-0.4, -0.2) is 40.2 Å². The van der Waals surface area contributed by atoms with E-state index in [2.05, 4.69) is 21.3 Å². The molecule has 0 fully saturated rings. The standard InChI is InChI=1S/C23H20BN5O3/c1-14(2)31-21-6-4-16(10-17(21)11-25)23-26-22(28-32-23)19-5-3-15(9-20(19)24)12-29-8-7-18(13-30)27-29/h3-10,13-14H,12,24H2,1-2H3. The van der Waals surface area contributed by atoms with Crippen molar-refractivity contribution in [1.29, 1.82) is 5.26 Å². The quantitative estimate of drug-likeness (QED) is 0.331. The van der Waals surface area contributed by atoms with Gasteiger partial charge in [-0.2, -0.15) is 15.3 Å². The van der Waals surface area contributed by atoms with Gasteiger partial charge in [-0.25, -0.2) is 0 Å². The third-order valence-electron chi connectivity index (χ3n) is 4.79. The van der Waals surface area contributed by atoms with Crippen molar-refractivity contribution in [3.63, 3.8) is 0 Å². The first kappa shape index (κ1) is 21.1. The Bertz CT molecular complexity index is 1320. The van der Waals surface area contributed by atoms with E-state index in [-0.39, 0.29) is 6.10 Å². The minimum absolute atomic E-state index is 0.0331. The molecule has 0 saturated heterocycles. The molecule has 0 aliphatic heterocycles. The molecule has 0 saturated carbocycles. The number of nitriles is 1. The van der Waals surface area contributed by atoms with Crippen molar-refractivity contribution in [3.05, 3.63) is 65.5 Å². The Morgan fingerprint density at radius 2 is 2.09 bits per heavy atom. The molecule has 32 heavy (non-hydrogen) atoms. The first-order valence-electron chi connectivity index (χ1n) is 10.1. The molecule has 0 unspecified atom stereocenters. The van der Waals surface area contributed by atoms with E-state index in [0.717, 1.165) is 22.9 Å². The summed E-state index contributed by atoms with van der Waals surface area (Å²) >= 11 is 0. The summed E-state index contributed by atoms with van der Waals surface area (Å²) < 4.78 is 12.8. The minimum Gasteiger partial charge on any atom is -0.490 e. The summed E-state index contributed by atoms with van der Waals surface area (Å²) in [5.74, 6) is 1.32. The van der Waals surface area contributed by atoms with Crippen LogP contribution < -0.4 is 10.2 Å². The molecule has 0 atom stereocenters. The maximum Gasteiger partial charge on any atom is 0.258 e. The number of nitrogens with zero attached hydrogens (tertiary/aromatic N) is 5. The Balaban J connectivity index is 1.57. The number of hydrogen-bond donors (Lipinski definition) is 0. The van der Waals surface area contributed by atoms with Gasteiger partial charge in [-0.1, -0.05) is 28.8 Å². The van der Waals surface area contributed by atoms with Gasteiger partial charge in [0.15, 0.2) is 6.29 Å². The van der Waals surface area contributed by atoms with Crippen LogP contribution in [0.25, 0.3) is 22.8 Å². The molecule has 0 spiro atoms. The van der Waals surface area contributed by atoms with Crippen LogP contribution in [0.1, 0.15) is 35.5 Å². The summed E-state index contributed by atoms with van der Waals surface area (Å²) in [6.45, 7) is 4.36. The van der Waals surface area contributed by atoms with Gasteiger partial charge in [0.05, 0.1) is 18.2 Å². The van der Waals surface area contributed by atoms with Crippen molar-refractivity contribution in [1.82, 2.24) is 19.9 Å². The van der Waals surface area contributed by atoms with Crippen molar-refractivity contribution in [2.45, 2.75) is 26.5 Å². The SMILES string of the molecule is Bc1cc(Cn2ccc(C=O)n2)ccc1-c1noc(-c2ccc(OC(C)C)c(C#N)c2)n1. The lowest BCUT2D eigenvalue weighted by molar-refractivity contribution is 0.111. The van der Waals surface area contributed by atoms with Gasteiger partial charge >= 0.3 is 0 Å². The van der Waals surface area contributed by atoms with Crippen molar-refractivity contribution < 1.29 is 14.1 Å². The summed E-state index contributed by atoms with van der Waals surface area (Å²) in [5, 5.41) is 17.8. The Morgan fingerprint density at radius 1 is 1.25 bits per heavy atom. The highest BCUT2D eigenvalue weighted by Gasteiger charge is 2.15. The Kier molecular flexibility index (Phi) is 5.86. The molecule has 2 heterocycles. The monoisotopic (exact) mass is 425 g/mol. The number of rotatable bonds is 7. The maximum absolute atomic E-state index is 10.8. The van der Waals surface area contributed by atoms with Crippen LogP contribution in [-0.2, 0) is 6.54 Å². The Morgan fingerprint density at radius 3 is 2.78 bits per heavy atom. The number of ether oxygens (including phenoxy) is 1. The summed E-state index contributed by atoms with van der Waals surface area (Å²) in [6.07, 6.45) is 2.46. The van der Waals surface area contributed by atoms with Crippen molar-refractivity contribution in [2.24, 2.45) is 0 Å². The first-order valence-corrected chi connectivity index (χ1v) is 10.1. The average Bonchev–Trinajstić information content (AvgIpc) is 3.43. The summed E-state index contributed by atoms with van der Waals surface area (Å²) in [4.78, 5) is 15.3. The van der Waals surface area contributed by atoms with Crippen molar-refractivity contribution in [2.75, 3.05) is 0 Å². The summed E-state index contributed by atoms with van der Waals surface area (Å²) in [5.41, 5.74) is 4.33. The predicted octanol–water partition coefficient (Wildman–Crippen LogP) is 2.38. The fourth-order valence-electron chi connectivity index (χ4n) is 3.35. The Labute approximate surface area is 185 Å². The maximum atomic E-state index is 10.8. The normalized spacial score (nSPS) is 10.8. The molecule has 0 N–H and O–H groups in total. The molecule has 0 radical (unpaired) electrons. The van der Waals surface area contributed by atoms with E-state index >= 15 is 0 Å². The van der Waals surface area contributed by atoms with E-state index in [1.165, 1.54) is 0 Å².